The van der Waals surface area contributed by atoms with Crippen LogP contribution in [-0.4, -0.2) is 42.0 Å². The molecule has 0 aliphatic carbocycles. The molecular formula is C20H20FN3OS. The molecule has 2 aromatic carbocycles. The lowest BCUT2D eigenvalue weighted by molar-refractivity contribution is 0.0746. The molecule has 0 N–H and O–H groups in total. The Morgan fingerprint density at radius 3 is 2.58 bits per heavy atom. The largest absolute Gasteiger partial charge is 0.345 e. The van der Waals surface area contributed by atoms with Crippen LogP contribution in [0.2, 0.25) is 0 Å². The number of thiazole rings is 1. The van der Waals surface area contributed by atoms with Crippen molar-refractivity contribution in [1.29, 1.82) is 0 Å². The average Bonchev–Trinajstić information content (AvgIpc) is 3.04. The molecule has 1 aliphatic heterocycles. The minimum atomic E-state index is -0.239. The van der Waals surface area contributed by atoms with Crippen LogP contribution in [0.3, 0.4) is 0 Å². The van der Waals surface area contributed by atoms with Gasteiger partial charge in [-0.05, 0) is 43.7 Å². The van der Waals surface area contributed by atoms with Crippen LogP contribution in [0, 0.1) is 19.7 Å². The van der Waals surface area contributed by atoms with Gasteiger partial charge in [0.15, 0.2) is 5.13 Å². The summed E-state index contributed by atoms with van der Waals surface area (Å²) in [5.74, 6) is -0.148. The number of nitrogens with zero attached hydrogens (tertiary/aromatic N) is 3. The van der Waals surface area contributed by atoms with Crippen molar-refractivity contribution in [3.63, 3.8) is 0 Å². The number of anilines is 1. The van der Waals surface area contributed by atoms with Gasteiger partial charge in [-0.3, -0.25) is 4.79 Å². The number of rotatable bonds is 2. The van der Waals surface area contributed by atoms with E-state index in [9.17, 15) is 9.18 Å². The van der Waals surface area contributed by atoms with Crippen LogP contribution in [0.1, 0.15) is 21.5 Å². The molecule has 26 heavy (non-hydrogen) atoms. The molecule has 4 nitrogen and oxygen atoms in total. The smallest absolute Gasteiger partial charge is 0.254 e. The van der Waals surface area contributed by atoms with E-state index in [4.69, 9.17) is 0 Å². The van der Waals surface area contributed by atoms with Crippen LogP contribution in [0.15, 0.2) is 36.4 Å². The van der Waals surface area contributed by atoms with Gasteiger partial charge >= 0.3 is 0 Å². The maximum Gasteiger partial charge on any atom is 0.254 e. The van der Waals surface area contributed by atoms with Gasteiger partial charge in [-0.2, -0.15) is 0 Å². The zero-order valence-electron chi connectivity index (χ0n) is 14.8. The van der Waals surface area contributed by atoms with Crippen LogP contribution >= 0.6 is 11.3 Å². The van der Waals surface area contributed by atoms with Crippen LogP contribution in [0.4, 0.5) is 9.52 Å². The number of carbonyl (C=O) groups is 1. The normalized spacial score (nSPS) is 14.9. The predicted molar refractivity (Wildman–Crippen MR) is 104 cm³/mol. The van der Waals surface area contributed by atoms with Gasteiger partial charge in [-0.1, -0.05) is 29.0 Å². The molecule has 1 aliphatic rings. The molecule has 0 spiro atoms. The predicted octanol–water partition coefficient (Wildman–Crippen LogP) is 4.01. The third kappa shape index (κ3) is 3.17. The number of fused-ring (bicyclic) bond motifs is 1. The van der Waals surface area contributed by atoms with E-state index in [1.807, 2.05) is 36.9 Å². The van der Waals surface area contributed by atoms with Crippen LogP contribution in [0.5, 0.6) is 0 Å². The van der Waals surface area contributed by atoms with E-state index in [2.05, 4.69) is 9.88 Å². The highest BCUT2D eigenvalue weighted by Gasteiger charge is 2.24. The molecule has 0 atom stereocenters. The number of carbonyl (C=O) groups excluding carboxylic acids is 1. The molecule has 4 rings (SSSR count). The molecular weight excluding hydrogens is 349 g/mol. The summed E-state index contributed by atoms with van der Waals surface area (Å²) >= 11 is 1.50. The first kappa shape index (κ1) is 17.0. The monoisotopic (exact) mass is 369 g/mol. The molecule has 134 valence electrons. The molecule has 1 fully saturated rings. The van der Waals surface area contributed by atoms with Crippen molar-refractivity contribution in [3.05, 3.63) is 58.9 Å². The Bertz CT molecular complexity index is 976. The zero-order valence-corrected chi connectivity index (χ0v) is 15.6. The van der Waals surface area contributed by atoms with Crippen molar-refractivity contribution >= 4 is 32.6 Å². The summed E-state index contributed by atoms with van der Waals surface area (Å²) in [7, 11) is 0. The van der Waals surface area contributed by atoms with Gasteiger partial charge in [-0.15, -0.1) is 0 Å². The SMILES string of the molecule is Cc1ccc(C(=O)N2CCN(c3nc4ccc(F)cc4s3)CC2)c(C)c1. The summed E-state index contributed by atoms with van der Waals surface area (Å²) in [5.41, 5.74) is 3.78. The van der Waals surface area contributed by atoms with Crippen molar-refractivity contribution in [2.45, 2.75) is 13.8 Å². The highest BCUT2D eigenvalue weighted by atomic mass is 32.1. The van der Waals surface area contributed by atoms with Gasteiger partial charge in [-0.25, -0.2) is 9.37 Å². The molecule has 1 amide bonds. The second-order valence-electron chi connectivity index (χ2n) is 6.71. The molecule has 2 heterocycles. The Hall–Kier alpha value is -2.47. The lowest BCUT2D eigenvalue weighted by Gasteiger charge is -2.34. The number of benzene rings is 2. The van der Waals surface area contributed by atoms with E-state index in [1.54, 1.807) is 6.07 Å². The van der Waals surface area contributed by atoms with Gasteiger partial charge in [0.05, 0.1) is 10.2 Å². The maximum absolute atomic E-state index is 13.4. The highest BCUT2D eigenvalue weighted by molar-refractivity contribution is 7.22. The Morgan fingerprint density at radius 2 is 1.85 bits per heavy atom. The van der Waals surface area contributed by atoms with Gasteiger partial charge in [0.2, 0.25) is 0 Å². The maximum atomic E-state index is 13.4. The van der Waals surface area contributed by atoms with Crippen LogP contribution in [0.25, 0.3) is 10.2 Å². The number of hydrogen-bond acceptors (Lipinski definition) is 4. The Kier molecular flexibility index (Phi) is 4.36. The molecule has 3 aromatic rings. The summed E-state index contributed by atoms with van der Waals surface area (Å²) in [6, 6.07) is 10.6. The Morgan fingerprint density at radius 1 is 1.08 bits per heavy atom. The Labute approximate surface area is 155 Å². The Balaban J connectivity index is 1.47. The fraction of sp³-hybridized carbons (Fsp3) is 0.300. The molecule has 0 unspecified atom stereocenters. The average molecular weight is 369 g/mol. The summed E-state index contributed by atoms with van der Waals surface area (Å²) in [6.45, 7) is 6.81. The van der Waals surface area contributed by atoms with E-state index in [0.29, 0.717) is 13.1 Å². The zero-order chi connectivity index (χ0) is 18.3. The first-order valence-electron chi connectivity index (χ1n) is 8.69. The number of aryl methyl sites for hydroxylation is 2. The van der Waals surface area contributed by atoms with E-state index >= 15 is 0 Å². The number of hydrogen-bond donors (Lipinski definition) is 0. The number of amides is 1. The molecule has 0 radical (unpaired) electrons. The van der Waals surface area contributed by atoms with Gasteiger partial charge in [0, 0.05) is 31.7 Å². The fourth-order valence-electron chi connectivity index (χ4n) is 3.35. The van der Waals surface area contributed by atoms with E-state index in [-0.39, 0.29) is 11.7 Å². The molecule has 0 saturated carbocycles. The minimum Gasteiger partial charge on any atom is -0.345 e. The first-order chi connectivity index (χ1) is 12.5. The van der Waals surface area contributed by atoms with Crippen molar-refractivity contribution in [1.82, 2.24) is 9.88 Å². The van der Waals surface area contributed by atoms with E-state index in [0.717, 1.165) is 45.1 Å². The van der Waals surface area contributed by atoms with Crippen LogP contribution < -0.4 is 4.90 Å². The van der Waals surface area contributed by atoms with Gasteiger partial charge in [0.1, 0.15) is 5.82 Å². The summed E-state index contributed by atoms with van der Waals surface area (Å²) in [5, 5.41) is 0.893. The quantitative estimate of drug-likeness (QED) is 0.685. The molecule has 1 saturated heterocycles. The van der Waals surface area contributed by atoms with Crippen molar-refractivity contribution in [3.8, 4) is 0 Å². The third-order valence-corrected chi connectivity index (χ3v) is 5.87. The van der Waals surface area contributed by atoms with E-state index in [1.165, 1.54) is 23.5 Å². The lowest BCUT2D eigenvalue weighted by atomic mass is 10.0. The second kappa shape index (κ2) is 6.68. The summed E-state index contributed by atoms with van der Waals surface area (Å²) in [6.07, 6.45) is 0. The summed E-state index contributed by atoms with van der Waals surface area (Å²) < 4.78 is 14.2. The molecule has 6 heteroatoms. The van der Waals surface area contributed by atoms with Crippen molar-refractivity contribution < 1.29 is 9.18 Å². The standard InChI is InChI=1S/C20H20FN3OS/c1-13-3-5-16(14(2)11-13)19(25)23-7-9-24(10-8-23)20-22-17-6-4-15(21)12-18(17)26-20/h3-6,11-12H,7-10H2,1-2H3. The van der Waals surface area contributed by atoms with Crippen LogP contribution in [-0.2, 0) is 0 Å². The second-order valence-corrected chi connectivity index (χ2v) is 7.72. The fourth-order valence-corrected chi connectivity index (χ4v) is 4.39. The molecule has 0 bridgehead atoms. The number of aromatic nitrogens is 1. The topological polar surface area (TPSA) is 36.4 Å². The summed E-state index contributed by atoms with van der Waals surface area (Å²) in [4.78, 5) is 21.5. The van der Waals surface area contributed by atoms with Crippen molar-refractivity contribution in [2.75, 3.05) is 31.1 Å². The number of halogens is 1. The molecule has 1 aromatic heterocycles. The van der Waals surface area contributed by atoms with Crippen molar-refractivity contribution in [2.24, 2.45) is 0 Å². The first-order valence-corrected chi connectivity index (χ1v) is 9.50. The van der Waals surface area contributed by atoms with Gasteiger partial charge < -0.3 is 9.80 Å². The minimum absolute atomic E-state index is 0.0912. The van der Waals surface area contributed by atoms with E-state index < -0.39 is 0 Å². The number of piperazine rings is 1. The highest BCUT2D eigenvalue weighted by Crippen LogP contribution is 2.30. The lowest BCUT2D eigenvalue weighted by Crippen LogP contribution is -2.48. The van der Waals surface area contributed by atoms with Gasteiger partial charge in [0.25, 0.3) is 5.91 Å². The third-order valence-electron chi connectivity index (χ3n) is 4.79.